The SMILES string of the molecule is O=C(ON=C1C[C@H]2CCC[C@@H](C1)[NH+]2Cc1cccs1)c1ccc(F)cc1. The topological polar surface area (TPSA) is 43.1 Å². The molecule has 0 aliphatic carbocycles. The molecule has 2 saturated heterocycles. The number of piperidine rings is 2. The molecule has 2 aliphatic heterocycles. The molecule has 4 rings (SSSR count). The van der Waals surface area contributed by atoms with Gasteiger partial charge in [-0.15, -0.1) is 11.3 Å². The van der Waals surface area contributed by atoms with Gasteiger partial charge in [0.05, 0.1) is 28.2 Å². The van der Waals surface area contributed by atoms with E-state index in [-0.39, 0.29) is 5.82 Å². The van der Waals surface area contributed by atoms with Crippen LogP contribution in [0.2, 0.25) is 0 Å². The van der Waals surface area contributed by atoms with Crippen LogP contribution in [-0.4, -0.2) is 23.8 Å². The number of carbonyl (C=O) groups is 1. The zero-order chi connectivity index (χ0) is 17.9. The van der Waals surface area contributed by atoms with Crippen LogP contribution in [0.25, 0.3) is 0 Å². The molecule has 0 radical (unpaired) electrons. The van der Waals surface area contributed by atoms with Gasteiger partial charge >= 0.3 is 5.97 Å². The summed E-state index contributed by atoms with van der Waals surface area (Å²) >= 11 is 1.82. The lowest BCUT2D eigenvalue weighted by Crippen LogP contribution is -3.20. The van der Waals surface area contributed by atoms with Crippen LogP contribution in [0.5, 0.6) is 0 Å². The van der Waals surface area contributed by atoms with Crippen LogP contribution in [0, 0.1) is 5.82 Å². The van der Waals surface area contributed by atoms with E-state index in [9.17, 15) is 9.18 Å². The fourth-order valence-electron chi connectivity index (χ4n) is 4.16. The number of hydrogen-bond acceptors (Lipinski definition) is 4. The molecule has 3 atom stereocenters. The molecule has 2 aliphatic rings. The summed E-state index contributed by atoms with van der Waals surface area (Å²) in [6.45, 7) is 1.08. The molecule has 2 aromatic rings. The number of rotatable bonds is 4. The minimum Gasteiger partial charge on any atom is -0.325 e. The lowest BCUT2D eigenvalue weighted by molar-refractivity contribution is -0.969. The summed E-state index contributed by atoms with van der Waals surface area (Å²) in [7, 11) is 0. The molecule has 2 fully saturated rings. The molecule has 3 heterocycles. The highest BCUT2D eigenvalue weighted by molar-refractivity contribution is 7.09. The molecule has 6 heteroatoms. The van der Waals surface area contributed by atoms with Crippen LogP contribution >= 0.6 is 11.3 Å². The second-order valence-corrected chi connectivity index (χ2v) is 8.14. The van der Waals surface area contributed by atoms with E-state index in [1.807, 2.05) is 11.3 Å². The first-order valence-electron chi connectivity index (χ1n) is 9.09. The predicted octanol–water partition coefficient (Wildman–Crippen LogP) is 3.20. The quantitative estimate of drug-likeness (QED) is 0.661. The van der Waals surface area contributed by atoms with Crippen molar-refractivity contribution >= 4 is 23.0 Å². The van der Waals surface area contributed by atoms with Crippen LogP contribution in [0.3, 0.4) is 0 Å². The highest BCUT2D eigenvalue weighted by Crippen LogP contribution is 2.22. The van der Waals surface area contributed by atoms with Gasteiger partial charge < -0.3 is 9.74 Å². The molecular weight excluding hydrogens is 351 g/mol. The van der Waals surface area contributed by atoms with Gasteiger partial charge in [-0.05, 0) is 42.1 Å². The first-order valence-corrected chi connectivity index (χ1v) is 9.97. The molecule has 0 amide bonds. The number of nitrogens with zero attached hydrogens (tertiary/aromatic N) is 1. The number of oxime groups is 1. The Morgan fingerprint density at radius 1 is 1.19 bits per heavy atom. The molecule has 1 unspecified atom stereocenters. The third-order valence-corrected chi connectivity index (χ3v) is 6.29. The fourth-order valence-corrected chi connectivity index (χ4v) is 4.89. The lowest BCUT2D eigenvalue weighted by Gasteiger charge is -2.42. The molecule has 0 spiro atoms. The smallest absolute Gasteiger partial charge is 0.325 e. The fraction of sp³-hybridized carbons (Fsp3) is 0.400. The molecule has 26 heavy (non-hydrogen) atoms. The standard InChI is InChI=1S/C20H21FN2O2S/c21-15-8-6-14(7-9-15)20(24)25-22-16-11-17-3-1-4-18(12-16)23(17)13-19-5-2-10-26-19/h2,5-10,17-18H,1,3-4,11-13H2/p+1/t17-,18+. The van der Waals surface area contributed by atoms with Gasteiger partial charge in [0.1, 0.15) is 12.4 Å². The van der Waals surface area contributed by atoms with Gasteiger partial charge in [0.25, 0.3) is 0 Å². The number of carbonyl (C=O) groups excluding carboxylic acids is 1. The van der Waals surface area contributed by atoms with E-state index in [0.29, 0.717) is 17.6 Å². The highest BCUT2D eigenvalue weighted by Gasteiger charge is 2.40. The van der Waals surface area contributed by atoms with Crippen molar-refractivity contribution in [2.24, 2.45) is 5.16 Å². The second-order valence-electron chi connectivity index (χ2n) is 7.11. The Bertz CT molecular complexity index is 773. The summed E-state index contributed by atoms with van der Waals surface area (Å²) in [4.78, 5) is 20.3. The van der Waals surface area contributed by atoms with Gasteiger partial charge in [0.2, 0.25) is 0 Å². The van der Waals surface area contributed by atoms with Crippen LogP contribution in [0.4, 0.5) is 4.39 Å². The normalized spacial score (nSPS) is 26.7. The summed E-state index contributed by atoms with van der Waals surface area (Å²) in [5, 5.41) is 6.29. The molecule has 2 bridgehead atoms. The zero-order valence-electron chi connectivity index (χ0n) is 14.5. The van der Waals surface area contributed by atoms with Crippen molar-refractivity contribution in [1.29, 1.82) is 0 Å². The van der Waals surface area contributed by atoms with Gasteiger partial charge in [-0.1, -0.05) is 11.2 Å². The van der Waals surface area contributed by atoms with Crippen LogP contribution in [0.15, 0.2) is 46.9 Å². The minimum atomic E-state index is -0.531. The predicted molar refractivity (Wildman–Crippen MR) is 98.9 cm³/mol. The summed E-state index contributed by atoms with van der Waals surface area (Å²) in [5.41, 5.74) is 1.29. The van der Waals surface area contributed by atoms with Gasteiger partial charge in [0.15, 0.2) is 0 Å². The van der Waals surface area contributed by atoms with E-state index in [1.165, 1.54) is 48.4 Å². The Morgan fingerprint density at radius 2 is 1.92 bits per heavy atom. The summed E-state index contributed by atoms with van der Waals surface area (Å²) in [5.74, 6) is -0.905. The first kappa shape index (κ1) is 17.4. The minimum absolute atomic E-state index is 0.316. The molecule has 1 N–H and O–H groups in total. The molecule has 1 aromatic carbocycles. The van der Waals surface area contributed by atoms with E-state index >= 15 is 0 Å². The number of halogens is 1. The van der Waals surface area contributed by atoms with E-state index in [4.69, 9.17) is 4.84 Å². The van der Waals surface area contributed by atoms with Gasteiger partial charge in [-0.3, -0.25) is 0 Å². The number of fused-ring (bicyclic) bond motifs is 2. The van der Waals surface area contributed by atoms with Gasteiger partial charge in [-0.2, -0.15) is 0 Å². The Morgan fingerprint density at radius 3 is 2.58 bits per heavy atom. The largest absolute Gasteiger partial charge is 0.365 e. The average Bonchev–Trinajstić information content (AvgIpc) is 3.13. The number of nitrogens with one attached hydrogen (secondary N) is 1. The maximum atomic E-state index is 12.9. The van der Waals surface area contributed by atoms with E-state index in [0.717, 1.165) is 25.1 Å². The lowest BCUT2D eigenvalue weighted by atomic mass is 9.83. The molecule has 0 saturated carbocycles. The van der Waals surface area contributed by atoms with Crippen molar-refractivity contribution in [2.45, 2.75) is 50.7 Å². The Hall–Kier alpha value is -2.05. The monoisotopic (exact) mass is 373 g/mol. The van der Waals surface area contributed by atoms with Crippen molar-refractivity contribution in [3.63, 3.8) is 0 Å². The van der Waals surface area contributed by atoms with E-state index < -0.39 is 5.97 Å². The summed E-state index contributed by atoms with van der Waals surface area (Å²) in [6.07, 6.45) is 5.43. The Labute approximate surface area is 156 Å². The van der Waals surface area contributed by atoms with Crippen LogP contribution in [-0.2, 0) is 11.4 Å². The molecule has 1 aromatic heterocycles. The highest BCUT2D eigenvalue weighted by atomic mass is 32.1. The molecule has 4 nitrogen and oxygen atoms in total. The van der Waals surface area contributed by atoms with Crippen molar-refractivity contribution in [3.05, 3.63) is 58.0 Å². The maximum absolute atomic E-state index is 12.9. The third kappa shape index (κ3) is 3.86. The van der Waals surface area contributed by atoms with Crippen LogP contribution < -0.4 is 4.90 Å². The molecule has 136 valence electrons. The number of thiophene rings is 1. The van der Waals surface area contributed by atoms with Crippen molar-refractivity contribution in [1.82, 2.24) is 0 Å². The van der Waals surface area contributed by atoms with Gasteiger partial charge in [0, 0.05) is 25.7 Å². The van der Waals surface area contributed by atoms with Crippen molar-refractivity contribution in [3.8, 4) is 0 Å². The second kappa shape index (κ2) is 7.68. The van der Waals surface area contributed by atoms with Crippen molar-refractivity contribution in [2.75, 3.05) is 0 Å². The maximum Gasteiger partial charge on any atom is 0.365 e. The van der Waals surface area contributed by atoms with Gasteiger partial charge in [-0.25, -0.2) is 9.18 Å². The third-order valence-electron chi connectivity index (χ3n) is 5.41. The first-order chi connectivity index (χ1) is 12.7. The van der Waals surface area contributed by atoms with Crippen molar-refractivity contribution < 1.29 is 18.9 Å². The summed E-state index contributed by atoms with van der Waals surface area (Å²) in [6, 6.07) is 10.8. The number of quaternary nitrogens is 1. The summed E-state index contributed by atoms with van der Waals surface area (Å²) < 4.78 is 12.9. The number of benzene rings is 1. The van der Waals surface area contributed by atoms with Crippen LogP contribution in [0.1, 0.15) is 47.3 Å². The molecular formula is C20H22FN2O2S+. The number of hydrogen-bond donors (Lipinski definition) is 1. The zero-order valence-corrected chi connectivity index (χ0v) is 15.3. The average molecular weight is 373 g/mol. The Balaban J connectivity index is 1.40. The Kier molecular flexibility index (Phi) is 5.13. The van der Waals surface area contributed by atoms with E-state index in [2.05, 4.69) is 22.7 Å². The van der Waals surface area contributed by atoms with E-state index in [1.54, 1.807) is 4.90 Å².